The van der Waals surface area contributed by atoms with Gasteiger partial charge in [-0.2, -0.15) is 5.10 Å². The van der Waals surface area contributed by atoms with Gasteiger partial charge in [0.2, 0.25) is 0 Å². The van der Waals surface area contributed by atoms with E-state index in [1.165, 1.54) is 29.7 Å². The highest BCUT2D eigenvalue weighted by atomic mass is 15.3. The molecule has 0 radical (unpaired) electrons. The van der Waals surface area contributed by atoms with E-state index >= 15 is 0 Å². The van der Waals surface area contributed by atoms with Crippen molar-refractivity contribution in [1.29, 1.82) is 0 Å². The Balaban J connectivity index is 2.19. The molecule has 20 heavy (non-hydrogen) atoms. The maximum absolute atomic E-state index is 6.01. The Kier molecular flexibility index (Phi) is 3.62. The first kappa shape index (κ1) is 13.4. The summed E-state index contributed by atoms with van der Waals surface area (Å²) in [4.78, 5) is 0. The van der Waals surface area contributed by atoms with E-state index in [-0.39, 0.29) is 0 Å². The van der Waals surface area contributed by atoms with Crippen molar-refractivity contribution < 1.29 is 0 Å². The van der Waals surface area contributed by atoms with Crippen molar-refractivity contribution >= 4 is 0 Å². The van der Waals surface area contributed by atoms with Crippen LogP contribution in [0.3, 0.4) is 0 Å². The molecule has 3 rings (SSSR count). The number of hydrogen-bond donors (Lipinski definition) is 1. The number of hydrogen-bond acceptors (Lipinski definition) is 2. The average molecular weight is 269 g/mol. The maximum Gasteiger partial charge on any atom is 0.0961 e. The topological polar surface area (TPSA) is 43.8 Å². The lowest BCUT2D eigenvalue weighted by Gasteiger charge is -2.23. The van der Waals surface area contributed by atoms with E-state index in [1.807, 2.05) is 0 Å². The van der Waals surface area contributed by atoms with Crippen LogP contribution >= 0.6 is 0 Å². The lowest BCUT2D eigenvalue weighted by Crippen LogP contribution is -2.20. The molecule has 0 saturated carbocycles. The van der Waals surface area contributed by atoms with Crippen molar-refractivity contribution in [2.75, 3.05) is 6.54 Å². The fourth-order valence-electron chi connectivity index (χ4n) is 3.29. The third kappa shape index (κ3) is 2.16. The predicted molar refractivity (Wildman–Crippen MR) is 82.8 cm³/mol. The highest BCUT2D eigenvalue weighted by Gasteiger charge is 2.28. The van der Waals surface area contributed by atoms with Gasteiger partial charge in [0.15, 0.2) is 0 Å². The van der Waals surface area contributed by atoms with E-state index < -0.39 is 0 Å². The monoisotopic (exact) mass is 269 g/mol. The largest absolute Gasteiger partial charge is 0.330 e. The SMILES string of the molecule is CC(C)n1nc(-c2ccccc2)c2c1CCCC2CN. The van der Waals surface area contributed by atoms with Crippen LogP contribution in [0, 0.1) is 0 Å². The summed E-state index contributed by atoms with van der Waals surface area (Å²) in [6.45, 7) is 5.12. The van der Waals surface area contributed by atoms with Gasteiger partial charge in [-0.15, -0.1) is 0 Å². The summed E-state index contributed by atoms with van der Waals surface area (Å²) in [5.74, 6) is 0.460. The van der Waals surface area contributed by atoms with Crippen molar-refractivity contribution in [3.63, 3.8) is 0 Å². The Bertz CT molecular complexity index is 584. The Hall–Kier alpha value is -1.61. The minimum atomic E-state index is 0.401. The first-order chi connectivity index (χ1) is 9.72. The van der Waals surface area contributed by atoms with Crippen molar-refractivity contribution in [2.24, 2.45) is 5.73 Å². The molecule has 106 valence electrons. The number of benzene rings is 1. The summed E-state index contributed by atoms with van der Waals surface area (Å²) >= 11 is 0. The normalized spacial score (nSPS) is 18.3. The first-order valence-electron chi connectivity index (χ1n) is 7.59. The van der Waals surface area contributed by atoms with Gasteiger partial charge in [-0.3, -0.25) is 4.68 Å². The molecule has 1 aromatic heterocycles. The summed E-state index contributed by atoms with van der Waals surface area (Å²) < 4.78 is 2.21. The van der Waals surface area contributed by atoms with Gasteiger partial charge in [-0.25, -0.2) is 0 Å². The van der Waals surface area contributed by atoms with E-state index in [1.54, 1.807) is 0 Å². The quantitative estimate of drug-likeness (QED) is 0.926. The van der Waals surface area contributed by atoms with Crippen LogP contribution in [0.1, 0.15) is 49.9 Å². The van der Waals surface area contributed by atoms with Crippen molar-refractivity contribution in [3.8, 4) is 11.3 Å². The summed E-state index contributed by atoms with van der Waals surface area (Å²) in [6.07, 6.45) is 3.54. The van der Waals surface area contributed by atoms with Gasteiger partial charge >= 0.3 is 0 Å². The molecule has 0 amide bonds. The Morgan fingerprint density at radius 1 is 1.30 bits per heavy atom. The zero-order chi connectivity index (χ0) is 14.1. The van der Waals surface area contributed by atoms with Gasteiger partial charge < -0.3 is 5.73 Å². The third-order valence-electron chi connectivity index (χ3n) is 4.25. The Morgan fingerprint density at radius 3 is 2.70 bits per heavy atom. The Labute approximate surface area is 120 Å². The van der Waals surface area contributed by atoms with Gasteiger partial charge in [0, 0.05) is 28.8 Å². The molecule has 3 heteroatoms. The molecule has 1 atom stereocenters. The molecule has 1 aromatic carbocycles. The van der Waals surface area contributed by atoms with Crippen molar-refractivity contribution in [1.82, 2.24) is 9.78 Å². The zero-order valence-electron chi connectivity index (χ0n) is 12.3. The standard InChI is InChI=1S/C17H23N3/c1-12(2)20-15-10-6-9-14(11-18)16(15)17(19-20)13-7-4-3-5-8-13/h3-5,7-8,12,14H,6,9-11,18H2,1-2H3. The minimum absolute atomic E-state index is 0.401. The molecule has 3 nitrogen and oxygen atoms in total. The van der Waals surface area contributed by atoms with Crippen LogP contribution in [0.2, 0.25) is 0 Å². The number of aromatic nitrogens is 2. The van der Waals surface area contributed by atoms with Crippen LogP contribution in [0.4, 0.5) is 0 Å². The molecule has 1 unspecified atom stereocenters. The second-order valence-corrected chi connectivity index (χ2v) is 5.94. The fraction of sp³-hybridized carbons (Fsp3) is 0.471. The molecule has 2 aromatic rings. The molecule has 1 aliphatic rings. The molecular weight excluding hydrogens is 246 g/mol. The lowest BCUT2D eigenvalue weighted by molar-refractivity contribution is 0.478. The summed E-state index contributed by atoms with van der Waals surface area (Å²) in [7, 11) is 0. The maximum atomic E-state index is 6.01. The highest BCUT2D eigenvalue weighted by molar-refractivity contribution is 5.65. The summed E-state index contributed by atoms with van der Waals surface area (Å²) in [5, 5.41) is 4.92. The molecule has 0 aliphatic heterocycles. The van der Waals surface area contributed by atoms with Crippen LogP contribution in [0.15, 0.2) is 30.3 Å². The molecule has 2 N–H and O–H groups in total. The molecular formula is C17H23N3. The van der Waals surface area contributed by atoms with Crippen LogP contribution in [0.25, 0.3) is 11.3 Å². The lowest BCUT2D eigenvalue weighted by atomic mass is 9.84. The molecule has 0 spiro atoms. The molecule has 0 fully saturated rings. The average Bonchev–Trinajstić information content (AvgIpc) is 2.88. The molecule has 0 bridgehead atoms. The predicted octanol–water partition coefficient (Wildman–Crippen LogP) is 3.51. The molecule has 0 saturated heterocycles. The van der Waals surface area contributed by atoms with Crippen molar-refractivity contribution in [2.45, 2.75) is 45.1 Å². The number of fused-ring (bicyclic) bond motifs is 1. The second-order valence-electron chi connectivity index (χ2n) is 5.94. The second kappa shape index (κ2) is 5.41. The van der Waals surface area contributed by atoms with Gasteiger partial charge in [0.05, 0.1) is 5.69 Å². The minimum Gasteiger partial charge on any atom is -0.330 e. The van der Waals surface area contributed by atoms with Crippen LogP contribution < -0.4 is 5.73 Å². The molecule has 1 aliphatic carbocycles. The Morgan fingerprint density at radius 2 is 2.05 bits per heavy atom. The van der Waals surface area contributed by atoms with E-state index in [2.05, 4.69) is 48.9 Å². The number of rotatable bonds is 3. The van der Waals surface area contributed by atoms with Crippen LogP contribution in [0.5, 0.6) is 0 Å². The highest BCUT2D eigenvalue weighted by Crippen LogP contribution is 2.38. The van der Waals surface area contributed by atoms with E-state index in [0.29, 0.717) is 12.0 Å². The van der Waals surface area contributed by atoms with Crippen LogP contribution in [-0.2, 0) is 6.42 Å². The van der Waals surface area contributed by atoms with E-state index in [4.69, 9.17) is 10.8 Å². The smallest absolute Gasteiger partial charge is 0.0961 e. The number of nitrogens with two attached hydrogens (primary N) is 1. The van der Waals surface area contributed by atoms with E-state index in [9.17, 15) is 0 Å². The van der Waals surface area contributed by atoms with Gasteiger partial charge in [-0.1, -0.05) is 30.3 Å². The van der Waals surface area contributed by atoms with E-state index in [0.717, 1.165) is 18.7 Å². The summed E-state index contributed by atoms with van der Waals surface area (Å²) in [5.41, 5.74) is 11.2. The first-order valence-corrected chi connectivity index (χ1v) is 7.59. The van der Waals surface area contributed by atoms with Gasteiger partial charge in [0.1, 0.15) is 0 Å². The van der Waals surface area contributed by atoms with Crippen molar-refractivity contribution in [3.05, 3.63) is 41.6 Å². The van der Waals surface area contributed by atoms with Gasteiger partial charge in [-0.05, 0) is 39.7 Å². The summed E-state index contributed by atoms with van der Waals surface area (Å²) in [6, 6.07) is 10.9. The van der Waals surface area contributed by atoms with Gasteiger partial charge in [0.25, 0.3) is 0 Å². The third-order valence-corrected chi connectivity index (χ3v) is 4.25. The fourth-order valence-corrected chi connectivity index (χ4v) is 3.29. The van der Waals surface area contributed by atoms with Crippen LogP contribution in [-0.4, -0.2) is 16.3 Å². The molecule has 1 heterocycles. The number of nitrogens with zero attached hydrogens (tertiary/aromatic N) is 2. The zero-order valence-corrected chi connectivity index (χ0v) is 12.3.